The SMILES string of the molecule is CN1CCCC(Oc2ccccc2N2CCN(C(=O)C(Cc3ccc(Cl)cc3)NC(=O)C3Cc4ccccc4CN3)CC2)C1. The molecule has 0 saturated carbocycles. The number of nitrogens with zero attached hydrogens (tertiary/aromatic N) is 3. The summed E-state index contributed by atoms with van der Waals surface area (Å²) in [4.78, 5) is 34.0. The van der Waals surface area contributed by atoms with Crippen molar-refractivity contribution in [3.8, 4) is 5.75 Å². The lowest BCUT2D eigenvalue weighted by molar-refractivity contribution is -0.137. The summed E-state index contributed by atoms with van der Waals surface area (Å²) in [5, 5.41) is 7.11. The number of carbonyl (C=O) groups excluding carboxylic acids is 2. The van der Waals surface area contributed by atoms with E-state index < -0.39 is 6.04 Å². The first-order valence-corrected chi connectivity index (χ1v) is 16.1. The summed E-state index contributed by atoms with van der Waals surface area (Å²) < 4.78 is 6.49. The van der Waals surface area contributed by atoms with Crippen molar-refractivity contribution in [3.05, 3.63) is 94.5 Å². The third kappa shape index (κ3) is 7.37. The molecule has 9 heteroatoms. The highest BCUT2D eigenvalue weighted by Crippen LogP contribution is 2.31. The zero-order valence-electron chi connectivity index (χ0n) is 25.4. The van der Waals surface area contributed by atoms with Crippen LogP contribution in [0.5, 0.6) is 5.75 Å². The number of likely N-dealkylation sites (tertiary alicyclic amines) is 1. The molecular formula is C35H42ClN5O3. The van der Waals surface area contributed by atoms with E-state index in [1.807, 2.05) is 53.4 Å². The highest BCUT2D eigenvalue weighted by Gasteiger charge is 2.32. The molecule has 0 aliphatic carbocycles. The minimum Gasteiger partial charge on any atom is -0.487 e. The van der Waals surface area contributed by atoms with Crippen molar-refractivity contribution < 1.29 is 14.3 Å². The Morgan fingerprint density at radius 3 is 2.45 bits per heavy atom. The Hall–Kier alpha value is -3.59. The Balaban J connectivity index is 1.12. The van der Waals surface area contributed by atoms with Crippen LogP contribution in [0.3, 0.4) is 0 Å². The highest BCUT2D eigenvalue weighted by atomic mass is 35.5. The lowest BCUT2D eigenvalue weighted by Gasteiger charge is -2.39. The van der Waals surface area contributed by atoms with E-state index in [0.29, 0.717) is 50.6 Å². The maximum atomic E-state index is 14.0. The molecule has 2 N–H and O–H groups in total. The second kappa shape index (κ2) is 14.0. The van der Waals surface area contributed by atoms with Gasteiger partial charge in [-0.1, -0.05) is 60.1 Å². The summed E-state index contributed by atoms with van der Waals surface area (Å²) in [6.45, 7) is 5.21. The average Bonchev–Trinajstić information content (AvgIpc) is 3.05. The van der Waals surface area contributed by atoms with Crippen molar-refractivity contribution in [2.75, 3.05) is 51.2 Å². The minimum atomic E-state index is -0.673. The van der Waals surface area contributed by atoms with Gasteiger partial charge in [-0.2, -0.15) is 0 Å². The lowest BCUT2D eigenvalue weighted by atomic mass is 9.95. The summed E-state index contributed by atoms with van der Waals surface area (Å²) >= 11 is 6.13. The zero-order chi connectivity index (χ0) is 30.5. The first-order valence-electron chi connectivity index (χ1n) is 15.8. The smallest absolute Gasteiger partial charge is 0.245 e. The number of likely N-dealkylation sites (N-methyl/N-ethyl adjacent to an activating group) is 1. The second-order valence-corrected chi connectivity index (χ2v) is 12.7. The summed E-state index contributed by atoms with van der Waals surface area (Å²) in [6, 6.07) is 22.8. The van der Waals surface area contributed by atoms with Gasteiger partial charge in [0.05, 0.1) is 11.7 Å². The van der Waals surface area contributed by atoms with Crippen LogP contribution < -0.4 is 20.3 Å². The molecule has 3 atom stereocenters. The molecule has 0 aromatic heterocycles. The van der Waals surface area contributed by atoms with Gasteiger partial charge < -0.3 is 30.1 Å². The van der Waals surface area contributed by atoms with Crippen molar-refractivity contribution in [1.82, 2.24) is 20.4 Å². The fourth-order valence-corrected chi connectivity index (χ4v) is 6.70. The van der Waals surface area contributed by atoms with Gasteiger partial charge in [-0.05, 0) is 73.8 Å². The largest absolute Gasteiger partial charge is 0.487 e. The molecule has 0 radical (unpaired) electrons. The van der Waals surface area contributed by atoms with E-state index in [2.05, 4.69) is 51.7 Å². The van der Waals surface area contributed by atoms with Crippen molar-refractivity contribution in [2.45, 2.75) is 50.4 Å². The molecule has 0 bridgehead atoms. The van der Waals surface area contributed by atoms with E-state index in [0.717, 1.165) is 42.9 Å². The molecule has 3 unspecified atom stereocenters. The number of halogens is 1. The number of anilines is 1. The Labute approximate surface area is 265 Å². The number of hydrogen-bond acceptors (Lipinski definition) is 6. The molecule has 2 saturated heterocycles. The number of para-hydroxylation sites is 2. The van der Waals surface area contributed by atoms with E-state index in [4.69, 9.17) is 16.3 Å². The van der Waals surface area contributed by atoms with Gasteiger partial charge >= 0.3 is 0 Å². The van der Waals surface area contributed by atoms with Crippen LogP contribution in [0.25, 0.3) is 0 Å². The molecule has 2 fully saturated rings. The van der Waals surface area contributed by atoms with E-state index >= 15 is 0 Å². The molecule has 6 rings (SSSR count). The van der Waals surface area contributed by atoms with Crippen LogP contribution in [0.1, 0.15) is 29.5 Å². The van der Waals surface area contributed by atoms with Crippen molar-refractivity contribution in [1.29, 1.82) is 0 Å². The number of amides is 2. The normalized spacial score (nSPS) is 21.3. The Morgan fingerprint density at radius 1 is 0.955 bits per heavy atom. The molecule has 8 nitrogen and oxygen atoms in total. The first kappa shape index (κ1) is 30.4. The Morgan fingerprint density at radius 2 is 1.68 bits per heavy atom. The highest BCUT2D eigenvalue weighted by molar-refractivity contribution is 6.30. The quantitative estimate of drug-likeness (QED) is 0.400. The molecule has 0 spiro atoms. The van der Waals surface area contributed by atoms with Crippen molar-refractivity contribution >= 4 is 29.1 Å². The predicted molar refractivity (Wildman–Crippen MR) is 174 cm³/mol. The van der Waals surface area contributed by atoms with Crippen LogP contribution in [0, 0.1) is 0 Å². The molecule has 3 aromatic carbocycles. The molecule has 3 heterocycles. The number of fused-ring (bicyclic) bond motifs is 1. The van der Waals surface area contributed by atoms with E-state index in [-0.39, 0.29) is 24.0 Å². The van der Waals surface area contributed by atoms with Crippen LogP contribution in [0.2, 0.25) is 5.02 Å². The van der Waals surface area contributed by atoms with Crippen LogP contribution >= 0.6 is 11.6 Å². The average molecular weight is 616 g/mol. The van der Waals surface area contributed by atoms with E-state index in [1.165, 1.54) is 11.1 Å². The van der Waals surface area contributed by atoms with Crippen LogP contribution in [0.15, 0.2) is 72.8 Å². The Kier molecular flexibility index (Phi) is 9.69. The number of nitrogens with one attached hydrogen (secondary N) is 2. The van der Waals surface area contributed by atoms with Crippen LogP contribution in [-0.2, 0) is 29.0 Å². The van der Waals surface area contributed by atoms with Crippen LogP contribution in [0.4, 0.5) is 5.69 Å². The van der Waals surface area contributed by atoms with E-state index in [1.54, 1.807) is 0 Å². The molecule has 2 amide bonds. The van der Waals surface area contributed by atoms with Crippen molar-refractivity contribution in [3.63, 3.8) is 0 Å². The number of piperazine rings is 1. The predicted octanol–water partition coefficient (Wildman–Crippen LogP) is 3.90. The zero-order valence-corrected chi connectivity index (χ0v) is 26.1. The third-order valence-corrected chi connectivity index (χ3v) is 9.29. The van der Waals surface area contributed by atoms with Gasteiger partial charge in [0, 0.05) is 50.7 Å². The topological polar surface area (TPSA) is 77.2 Å². The van der Waals surface area contributed by atoms with Gasteiger partial charge in [-0.15, -0.1) is 0 Å². The fraction of sp³-hybridized carbons (Fsp3) is 0.429. The summed E-state index contributed by atoms with van der Waals surface area (Å²) in [7, 11) is 2.14. The van der Waals surface area contributed by atoms with Gasteiger partial charge in [-0.25, -0.2) is 0 Å². The summed E-state index contributed by atoms with van der Waals surface area (Å²) in [6.07, 6.45) is 3.38. The number of hydrogen-bond donors (Lipinski definition) is 2. The van der Waals surface area contributed by atoms with Gasteiger partial charge in [0.15, 0.2) is 0 Å². The monoisotopic (exact) mass is 615 g/mol. The summed E-state index contributed by atoms with van der Waals surface area (Å²) in [5.41, 5.74) is 4.40. The lowest BCUT2D eigenvalue weighted by Crippen LogP contribution is -2.58. The summed E-state index contributed by atoms with van der Waals surface area (Å²) in [5.74, 6) is 0.700. The van der Waals surface area contributed by atoms with Gasteiger partial charge in [0.25, 0.3) is 0 Å². The van der Waals surface area contributed by atoms with Gasteiger partial charge in [-0.3, -0.25) is 9.59 Å². The van der Waals surface area contributed by atoms with Gasteiger partial charge in [0.1, 0.15) is 17.9 Å². The van der Waals surface area contributed by atoms with E-state index in [9.17, 15) is 9.59 Å². The second-order valence-electron chi connectivity index (χ2n) is 12.2. The standard InChI is InChI=1S/C35H42ClN5O3/c1-39-16-6-9-29(24-39)44-33-11-5-4-10-32(33)40-17-19-41(20-18-40)35(43)31(21-25-12-14-28(36)15-13-25)38-34(42)30-22-26-7-2-3-8-27(26)23-37-30/h2-5,7-8,10-15,29-31,37H,6,9,16-24H2,1H3,(H,38,42). The number of piperidine rings is 1. The molecule has 232 valence electrons. The molecular weight excluding hydrogens is 574 g/mol. The number of carbonyl (C=O) groups is 2. The van der Waals surface area contributed by atoms with Crippen molar-refractivity contribution in [2.24, 2.45) is 0 Å². The first-order chi connectivity index (χ1) is 21.4. The molecule has 3 aliphatic rings. The maximum Gasteiger partial charge on any atom is 0.245 e. The fourth-order valence-electron chi connectivity index (χ4n) is 6.57. The number of rotatable bonds is 8. The minimum absolute atomic E-state index is 0.0565. The molecule has 3 aliphatic heterocycles. The third-order valence-electron chi connectivity index (χ3n) is 9.04. The van der Waals surface area contributed by atoms with Gasteiger partial charge in [0.2, 0.25) is 11.8 Å². The molecule has 3 aromatic rings. The number of benzene rings is 3. The number of ether oxygens (including phenoxy) is 1. The Bertz CT molecular complexity index is 1440. The maximum absolute atomic E-state index is 14.0. The molecule has 44 heavy (non-hydrogen) atoms. The van der Waals surface area contributed by atoms with Crippen LogP contribution in [-0.4, -0.2) is 86.1 Å².